The van der Waals surface area contributed by atoms with E-state index in [0.717, 1.165) is 38.9 Å². The molecule has 0 amide bonds. The molecule has 31 heavy (non-hydrogen) atoms. The van der Waals surface area contributed by atoms with Crippen molar-refractivity contribution in [3.63, 3.8) is 0 Å². The number of hydrogen-bond donors (Lipinski definition) is 0. The summed E-state index contributed by atoms with van der Waals surface area (Å²) in [7, 11) is 0. The molecule has 180 valence electrons. The van der Waals surface area contributed by atoms with Gasteiger partial charge in [0, 0.05) is 37.6 Å². The van der Waals surface area contributed by atoms with Gasteiger partial charge in [-0.1, -0.05) is 26.7 Å². The quantitative estimate of drug-likeness (QED) is 0.197. The number of aliphatic carboxylic acids is 2. The zero-order valence-corrected chi connectivity index (χ0v) is 22.1. The van der Waals surface area contributed by atoms with Gasteiger partial charge in [-0.05, 0) is 12.8 Å². The van der Waals surface area contributed by atoms with Crippen LogP contribution in [0, 0.1) is 0 Å². The van der Waals surface area contributed by atoms with Crippen molar-refractivity contribution in [3.8, 4) is 0 Å². The van der Waals surface area contributed by atoms with E-state index in [2.05, 4.69) is 13.8 Å². The van der Waals surface area contributed by atoms with Crippen molar-refractivity contribution >= 4 is 23.5 Å². The number of carboxylic acid groups (broad SMARTS) is 2. The third-order valence-electron chi connectivity index (χ3n) is 3.62. The zero-order chi connectivity index (χ0) is 24.3. The fourth-order valence-electron chi connectivity index (χ4n) is 1.80. The first-order valence-electron chi connectivity index (χ1n) is 11.2. The molecule has 0 spiro atoms. The fraction of sp³-hybridized carbons (Fsp3) is 0.818. The van der Waals surface area contributed by atoms with Crippen LogP contribution >= 0.6 is 0 Å². The average molecular weight is 524 g/mol. The first-order chi connectivity index (χ1) is 14.7. The molecule has 0 N–H and O–H groups in total. The van der Waals surface area contributed by atoms with E-state index in [4.69, 9.17) is 5.63 Å². The van der Waals surface area contributed by atoms with Crippen molar-refractivity contribution in [2.75, 3.05) is 13.2 Å². The summed E-state index contributed by atoms with van der Waals surface area (Å²) in [6, 6.07) is 0. The van der Waals surface area contributed by atoms with Crippen molar-refractivity contribution in [2.24, 2.45) is 0 Å². The number of hydrogen-bond acceptors (Lipinski definition) is 8. The van der Waals surface area contributed by atoms with Crippen LogP contribution in [0.5, 0.6) is 0 Å². The number of ketones is 2. The molecule has 0 saturated heterocycles. The third kappa shape index (κ3) is 40.0. The summed E-state index contributed by atoms with van der Waals surface area (Å²) in [5.41, 5.74) is 0. The third-order valence-corrected chi connectivity index (χ3v) is 5.20. The number of carboxylic acids is 2. The normalized spacial score (nSPS) is 9.42. The van der Waals surface area contributed by atoms with Crippen molar-refractivity contribution in [2.45, 2.75) is 105 Å². The van der Waals surface area contributed by atoms with Crippen molar-refractivity contribution in [1.29, 1.82) is 0 Å². The molecule has 0 aliphatic carbocycles. The van der Waals surface area contributed by atoms with E-state index in [1.54, 1.807) is 0 Å². The monoisotopic (exact) mass is 522 g/mol. The number of unbranched alkanes of at least 4 members (excludes halogenated alkanes) is 4. The second-order valence-corrected chi connectivity index (χ2v) is 8.70. The van der Waals surface area contributed by atoms with Crippen LogP contribution < -0.4 is 10.2 Å². The maximum absolute atomic E-state index is 10.6. The van der Waals surface area contributed by atoms with E-state index < -0.39 is 48.9 Å². The summed E-state index contributed by atoms with van der Waals surface area (Å²) >= 11 is -0.876. The van der Waals surface area contributed by atoms with Crippen molar-refractivity contribution in [1.82, 2.24) is 0 Å². The van der Waals surface area contributed by atoms with Crippen LogP contribution in [0.3, 0.4) is 0 Å². The molecule has 0 aromatic heterocycles. The topological polar surface area (TPSA) is 133 Å². The van der Waals surface area contributed by atoms with Gasteiger partial charge in [0.2, 0.25) is 0 Å². The Labute approximate surface area is 200 Å². The molecule has 0 atom stereocenters. The molecule has 0 aliphatic heterocycles. The van der Waals surface area contributed by atoms with E-state index in [0.29, 0.717) is 12.8 Å². The Kier molecular flexibility index (Phi) is 32.5. The molecule has 0 fully saturated rings. The standard InChI is InChI=1S/2C7H12O3.2C4H9O.Zr/c2*1-2-3-4-6(8)5-7(9)10;2*1-2-3-4-5;/h2*2-5H2,1H3,(H,9,10);2*2-4H2,1H3;/q;;2*-1;+4/p-2. The van der Waals surface area contributed by atoms with E-state index >= 15 is 0 Å². The molecular weight excluding hydrogens is 483 g/mol. The molecule has 0 rings (SSSR count). The Morgan fingerprint density at radius 1 is 0.613 bits per heavy atom. The van der Waals surface area contributed by atoms with Gasteiger partial charge >= 0.3 is 82.5 Å². The molecule has 0 bridgehead atoms. The van der Waals surface area contributed by atoms with Crippen LogP contribution in [0.25, 0.3) is 0 Å². The Bertz CT molecular complexity index is 415. The Hall–Kier alpha value is -0.917. The number of carbonyl (C=O) groups excluding carboxylic acids is 4. The van der Waals surface area contributed by atoms with Crippen LogP contribution in [0.1, 0.15) is 105 Å². The Morgan fingerprint density at radius 3 is 1.19 bits per heavy atom. The second-order valence-electron chi connectivity index (χ2n) is 6.87. The van der Waals surface area contributed by atoms with E-state index in [9.17, 15) is 29.4 Å². The van der Waals surface area contributed by atoms with Crippen molar-refractivity contribution < 1.29 is 59.1 Å². The van der Waals surface area contributed by atoms with Crippen LogP contribution in [-0.4, -0.2) is 36.7 Å². The Morgan fingerprint density at radius 2 is 0.935 bits per heavy atom. The first kappa shape index (κ1) is 34.7. The van der Waals surface area contributed by atoms with E-state index in [1.807, 2.05) is 13.8 Å². The van der Waals surface area contributed by atoms with Crippen LogP contribution in [0.4, 0.5) is 0 Å². The summed E-state index contributed by atoms with van der Waals surface area (Å²) in [5, 5.41) is 19.7. The van der Waals surface area contributed by atoms with Gasteiger partial charge in [-0.15, -0.1) is 0 Å². The first-order valence-corrected chi connectivity index (χ1v) is 13.2. The van der Waals surface area contributed by atoms with Gasteiger partial charge in [-0.2, -0.15) is 0 Å². The minimum absolute atomic E-state index is 0.234. The number of carbonyl (C=O) groups is 4. The van der Waals surface area contributed by atoms with Gasteiger partial charge in [0.15, 0.2) is 0 Å². The molecule has 0 heterocycles. The maximum atomic E-state index is 10.6. The number of Topliss-reactive ketones (excluding diaryl/α,β-unsaturated/α-hetero) is 2. The molecule has 9 heteroatoms. The van der Waals surface area contributed by atoms with Gasteiger partial charge in [-0.25, -0.2) is 0 Å². The van der Waals surface area contributed by atoms with Gasteiger partial charge in [0.1, 0.15) is 11.6 Å². The molecule has 0 aromatic rings. The predicted octanol–water partition coefficient (Wildman–Crippen LogP) is 2.30. The summed E-state index contributed by atoms with van der Waals surface area (Å²) in [6.45, 7) is 10.1. The Balaban J connectivity index is -0.000000380. The van der Waals surface area contributed by atoms with E-state index in [1.165, 1.54) is 25.7 Å². The summed E-state index contributed by atoms with van der Waals surface area (Å²) in [5.74, 6) is -3.02. The SMILES string of the molecule is CCCCC(=O)CC(=O)[O-].CCCCC(=O)CC(=O)[O-].CCCC[O][Zr+2][O]CCCC. The van der Waals surface area contributed by atoms with Crippen LogP contribution in [0.15, 0.2) is 0 Å². The molecule has 0 saturated carbocycles. The summed E-state index contributed by atoms with van der Waals surface area (Å²) in [4.78, 5) is 40.9. The number of rotatable bonds is 18. The molecule has 8 nitrogen and oxygen atoms in total. The summed E-state index contributed by atoms with van der Waals surface area (Å²) < 4.78 is 10.7. The van der Waals surface area contributed by atoms with Gasteiger partial charge in [-0.3, -0.25) is 9.59 Å². The average Bonchev–Trinajstić information content (AvgIpc) is 2.70. The van der Waals surface area contributed by atoms with Gasteiger partial charge < -0.3 is 19.8 Å². The van der Waals surface area contributed by atoms with Crippen LogP contribution in [0.2, 0.25) is 0 Å². The molecule has 0 aliphatic rings. The van der Waals surface area contributed by atoms with E-state index in [-0.39, 0.29) is 11.6 Å². The second kappa shape index (κ2) is 29.1. The van der Waals surface area contributed by atoms with Crippen molar-refractivity contribution in [3.05, 3.63) is 0 Å². The van der Waals surface area contributed by atoms with Gasteiger partial charge in [0.25, 0.3) is 0 Å². The summed E-state index contributed by atoms with van der Waals surface area (Å²) in [6.07, 6.45) is 8.03. The molecule has 0 radical (unpaired) electrons. The zero-order valence-electron chi connectivity index (χ0n) is 19.7. The minimum atomic E-state index is -1.28. The fourth-order valence-corrected chi connectivity index (χ4v) is 3.13. The molecular formula is C22H40O8Zr. The molecule has 0 unspecified atom stereocenters. The van der Waals surface area contributed by atoms with Gasteiger partial charge in [0.05, 0.1) is 0 Å². The predicted molar refractivity (Wildman–Crippen MR) is 110 cm³/mol. The molecule has 0 aromatic carbocycles. The van der Waals surface area contributed by atoms with Crippen LogP contribution in [-0.2, 0) is 48.9 Å².